The summed E-state index contributed by atoms with van der Waals surface area (Å²) in [7, 11) is 1.56. The van der Waals surface area contributed by atoms with Gasteiger partial charge in [-0.25, -0.2) is 4.79 Å². The maximum atomic E-state index is 13.9. The minimum absolute atomic E-state index is 0.124. The van der Waals surface area contributed by atoms with Crippen LogP contribution in [0.5, 0.6) is 0 Å². The third-order valence-electron chi connectivity index (χ3n) is 6.12. The number of carbonyl (C=O) groups excluding carboxylic acids is 4. The van der Waals surface area contributed by atoms with Gasteiger partial charge in [-0.15, -0.1) is 0 Å². The zero-order valence-electron chi connectivity index (χ0n) is 22.4. The van der Waals surface area contributed by atoms with Crippen molar-refractivity contribution in [3.8, 4) is 0 Å². The molecule has 2 atom stereocenters. The molecule has 1 aliphatic rings. The number of anilines is 3. The van der Waals surface area contributed by atoms with E-state index in [1.54, 1.807) is 76.3 Å². The third-order valence-corrected chi connectivity index (χ3v) is 6.12. The van der Waals surface area contributed by atoms with Crippen molar-refractivity contribution in [1.29, 1.82) is 0 Å². The summed E-state index contributed by atoms with van der Waals surface area (Å²) in [6.45, 7) is 5.15. The van der Waals surface area contributed by atoms with Crippen molar-refractivity contribution in [2.24, 2.45) is 0 Å². The van der Waals surface area contributed by atoms with Gasteiger partial charge < -0.3 is 20.3 Å². The third kappa shape index (κ3) is 6.43. The first kappa shape index (κ1) is 27.4. The van der Waals surface area contributed by atoms with Crippen LogP contribution >= 0.6 is 0 Å². The second-order valence-electron chi connectivity index (χ2n) is 10.2. The highest BCUT2D eigenvalue weighted by molar-refractivity contribution is 6.23. The fourth-order valence-electron chi connectivity index (χ4n) is 4.32. The summed E-state index contributed by atoms with van der Waals surface area (Å²) in [5.74, 6) is -1.91. The van der Waals surface area contributed by atoms with Crippen LogP contribution in [0.4, 0.5) is 21.9 Å². The number of hydrogen-bond donors (Lipinski definition) is 2. The largest absolute Gasteiger partial charge is 0.444 e. The smallest absolute Gasteiger partial charge is 0.408 e. The topological polar surface area (TPSA) is 108 Å². The van der Waals surface area contributed by atoms with Gasteiger partial charge in [0.25, 0.3) is 11.8 Å². The molecule has 0 bridgehead atoms. The zero-order chi connectivity index (χ0) is 28.2. The molecule has 0 fully saturated rings. The number of para-hydroxylation sites is 3. The van der Waals surface area contributed by atoms with Gasteiger partial charge in [0, 0.05) is 19.2 Å². The Hall–Kier alpha value is -4.66. The van der Waals surface area contributed by atoms with Crippen LogP contribution in [-0.4, -0.2) is 48.5 Å². The molecule has 0 saturated carbocycles. The summed E-state index contributed by atoms with van der Waals surface area (Å²) in [6, 6.07) is 22.4. The van der Waals surface area contributed by atoms with E-state index in [9.17, 15) is 19.2 Å². The van der Waals surface area contributed by atoms with Crippen molar-refractivity contribution < 1.29 is 23.9 Å². The second kappa shape index (κ2) is 11.4. The van der Waals surface area contributed by atoms with Crippen molar-refractivity contribution in [2.45, 2.75) is 44.9 Å². The Morgan fingerprint density at radius 3 is 2.03 bits per heavy atom. The van der Waals surface area contributed by atoms with Gasteiger partial charge >= 0.3 is 6.09 Å². The van der Waals surface area contributed by atoms with Gasteiger partial charge in [-0.3, -0.25) is 19.3 Å². The molecule has 1 unspecified atom stereocenters. The Balaban J connectivity index is 1.67. The van der Waals surface area contributed by atoms with Crippen LogP contribution in [0.2, 0.25) is 0 Å². The molecule has 202 valence electrons. The van der Waals surface area contributed by atoms with E-state index in [1.807, 2.05) is 36.4 Å². The fraction of sp³-hybridized carbons (Fsp3) is 0.267. The van der Waals surface area contributed by atoms with E-state index in [0.29, 0.717) is 17.1 Å². The molecule has 4 rings (SSSR count). The van der Waals surface area contributed by atoms with Crippen LogP contribution in [0.1, 0.15) is 26.3 Å². The van der Waals surface area contributed by atoms with Gasteiger partial charge in [-0.1, -0.05) is 60.7 Å². The van der Waals surface area contributed by atoms with Crippen LogP contribution in [0, 0.1) is 0 Å². The molecule has 3 aromatic carbocycles. The van der Waals surface area contributed by atoms with Gasteiger partial charge in [0.15, 0.2) is 6.04 Å². The minimum atomic E-state index is -1.53. The molecule has 2 N–H and O–H groups in total. The molecule has 0 aliphatic carbocycles. The van der Waals surface area contributed by atoms with Crippen LogP contribution in [0.3, 0.4) is 0 Å². The summed E-state index contributed by atoms with van der Waals surface area (Å²) in [6.07, 6.45) is -0.660. The molecule has 9 nitrogen and oxygen atoms in total. The predicted molar refractivity (Wildman–Crippen MR) is 149 cm³/mol. The Morgan fingerprint density at radius 1 is 0.846 bits per heavy atom. The van der Waals surface area contributed by atoms with Gasteiger partial charge in [-0.2, -0.15) is 0 Å². The molecule has 4 amide bonds. The SMILES string of the molecule is CN1C(=O)[C@H](NC(=O)C(Cc2ccccc2)NC(=O)OC(C)(C)C)C(=O)N(c2ccccc2)c2ccccc21. The monoisotopic (exact) mass is 528 g/mol. The number of carbonyl (C=O) groups is 4. The first-order chi connectivity index (χ1) is 18.5. The number of nitrogens with one attached hydrogen (secondary N) is 2. The minimum Gasteiger partial charge on any atom is -0.444 e. The summed E-state index contributed by atoms with van der Waals surface area (Å²) in [4.78, 5) is 56.5. The van der Waals surface area contributed by atoms with Gasteiger partial charge in [0.1, 0.15) is 11.6 Å². The van der Waals surface area contributed by atoms with Crippen molar-refractivity contribution in [3.63, 3.8) is 0 Å². The van der Waals surface area contributed by atoms with E-state index in [4.69, 9.17) is 4.74 Å². The number of hydrogen-bond acceptors (Lipinski definition) is 5. The number of amides is 4. The highest BCUT2D eigenvalue weighted by atomic mass is 16.6. The van der Waals surface area contributed by atoms with Crippen molar-refractivity contribution >= 4 is 40.9 Å². The van der Waals surface area contributed by atoms with Gasteiger partial charge in [-0.05, 0) is 50.6 Å². The van der Waals surface area contributed by atoms with Gasteiger partial charge in [0.05, 0.1) is 11.4 Å². The standard InChI is InChI=1S/C30H32N4O5/c1-30(2,3)39-29(38)31-22(19-20-13-7-5-8-14-20)26(35)32-25-27(36)33(4)23-17-11-12-18-24(23)34(28(25)37)21-15-9-6-10-16-21/h5-18,22,25H,19H2,1-4H3,(H,31,38)(H,32,35)/t22?,25-/m0/s1. The molecule has 0 saturated heterocycles. The number of fused-ring (bicyclic) bond motifs is 1. The summed E-state index contributed by atoms with van der Waals surface area (Å²) >= 11 is 0. The Kier molecular flexibility index (Phi) is 7.99. The molecule has 0 radical (unpaired) electrons. The molecular weight excluding hydrogens is 496 g/mol. The van der Waals surface area contributed by atoms with Crippen LogP contribution in [0.25, 0.3) is 0 Å². The van der Waals surface area contributed by atoms with E-state index in [0.717, 1.165) is 5.56 Å². The fourth-order valence-corrected chi connectivity index (χ4v) is 4.32. The van der Waals surface area contributed by atoms with Crippen molar-refractivity contribution in [1.82, 2.24) is 10.6 Å². The van der Waals surface area contributed by atoms with Crippen LogP contribution < -0.4 is 20.4 Å². The average molecular weight is 529 g/mol. The van der Waals surface area contributed by atoms with E-state index in [2.05, 4.69) is 10.6 Å². The predicted octanol–water partition coefficient (Wildman–Crippen LogP) is 3.95. The van der Waals surface area contributed by atoms with Crippen LogP contribution in [-0.2, 0) is 25.5 Å². The molecule has 3 aromatic rings. The zero-order valence-corrected chi connectivity index (χ0v) is 22.4. The lowest BCUT2D eigenvalue weighted by Crippen LogP contribution is -2.58. The Morgan fingerprint density at radius 2 is 1.41 bits per heavy atom. The maximum Gasteiger partial charge on any atom is 0.408 e. The summed E-state index contributed by atoms with van der Waals surface area (Å²) in [5, 5.41) is 5.23. The number of likely N-dealkylation sites (N-methyl/N-ethyl adjacent to an activating group) is 1. The number of alkyl carbamates (subject to hydrolysis) is 1. The maximum absolute atomic E-state index is 13.9. The highest BCUT2D eigenvalue weighted by Crippen LogP contribution is 2.37. The lowest BCUT2D eigenvalue weighted by molar-refractivity contribution is -0.134. The first-order valence-electron chi connectivity index (χ1n) is 12.6. The average Bonchev–Trinajstić information content (AvgIpc) is 2.97. The number of rotatable bonds is 6. The van der Waals surface area contributed by atoms with Crippen molar-refractivity contribution in [3.05, 3.63) is 90.5 Å². The number of ether oxygens (including phenoxy) is 1. The van der Waals surface area contributed by atoms with Gasteiger partial charge in [0.2, 0.25) is 5.91 Å². The molecule has 39 heavy (non-hydrogen) atoms. The Labute approximate surface area is 227 Å². The van der Waals surface area contributed by atoms with E-state index >= 15 is 0 Å². The normalized spacial score (nSPS) is 16.2. The lowest BCUT2D eigenvalue weighted by Gasteiger charge is -2.27. The quantitative estimate of drug-likeness (QED) is 0.471. The highest BCUT2D eigenvalue weighted by Gasteiger charge is 2.41. The summed E-state index contributed by atoms with van der Waals surface area (Å²) in [5.41, 5.74) is 1.57. The van der Waals surface area contributed by atoms with E-state index in [-0.39, 0.29) is 6.42 Å². The molecule has 0 aromatic heterocycles. The Bertz CT molecular complexity index is 1350. The molecule has 0 spiro atoms. The first-order valence-corrected chi connectivity index (χ1v) is 12.6. The van der Waals surface area contributed by atoms with Crippen molar-refractivity contribution in [2.75, 3.05) is 16.8 Å². The van der Waals surface area contributed by atoms with E-state index in [1.165, 1.54) is 9.80 Å². The van der Waals surface area contributed by atoms with Crippen LogP contribution in [0.15, 0.2) is 84.9 Å². The molecular formula is C30H32N4O5. The lowest BCUT2D eigenvalue weighted by atomic mass is 10.0. The molecule has 1 heterocycles. The number of benzene rings is 3. The summed E-state index contributed by atoms with van der Waals surface area (Å²) < 4.78 is 5.36. The number of nitrogens with zero attached hydrogens (tertiary/aromatic N) is 2. The molecule has 1 aliphatic heterocycles. The molecule has 9 heteroatoms. The second-order valence-corrected chi connectivity index (χ2v) is 10.2. The van der Waals surface area contributed by atoms with E-state index < -0.39 is 41.5 Å².